The number of anilines is 1. The van der Waals surface area contributed by atoms with E-state index in [4.69, 9.17) is 4.74 Å². The molecule has 0 amide bonds. The lowest BCUT2D eigenvalue weighted by Gasteiger charge is -2.06. The molecule has 0 saturated heterocycles. The third-order valence-corrected chi connectivity index (χ3v) is 2.66. The normalized spacial score (nSPS) is 10.1. The Morgan fingerprint density at radius 1 is 1.00 bits per heavy atom. The van der Waals surface area contributed by atoms with Gasteiger partial charge in [-0.2, -0.15) is 0 Å². The number of unbranched alkanes of at least 4 members (excludes halogenated alkanes) is 4. The van der Waals surface area contributed by atoms with Crippen LogP contribution in [0.3, 0.4) is 0 Å². The molecule has 2 heteroatoms. The monoisotopic (exact) mass is 221 g/mol. The van der Waals surface area contributed by atoms with E-state index in [1.165, 1.54) is 25.7 Å². The third kappa shape index (κ3) is 5.06. The van der Waals surface area contributed by atoms with Gasteiger partial charge in [-0.3, -0.25) is 0 Å². The summed E-state index contributed by atoms with van der Waals surface area (Å²) >= 11 is 0. The van der Waals surface area contributed by atoms with Crippen LogP contribution in [0.4, 0.5) is 5.69 Å². The molecule has 2 nitrogen and oxygen atoms in total. The van der Waals surface area contributed by atoms with Crippen molar-refractivity contribution in [1.82, 2.24) is 0 Å². The van der Waals surface area contributed by atoms with Gasteiger partial charge in [-0.25, -0.2) is 0 Å². The summed E-state index contributed by atoms with van der Waals surface area (Å²) in [6.07, 6.45) is 6.41. The van der Waals surface area contributed by atoms with Crippen molar-refractivity contribution in [3.8, 4) is 5.75 Å². The van der Waals surface area contributed by atoms with Crippen molar-refractivity contribution in [1.29, 1.82) is 0 Å². The van der Waals surface area contributed by atoms with Crippen LogP contribution in [0.5, 0.6) is 5.75 Å². The fourth-order valence-corrected chi connectivity index (χ4v) is 1.61. The average molecular weight is 221 g/mol. The van der Waals surface area contributed by atoms with Gasteiger partial charge in [-0.1, -0.05) is 32.6 Å². The summed E-state index contributed by atoms with van der Waals surface area (Å²) in [5.74, 6) is 0.967. The number of rotatable bonds is 8. The molecule has 0 heterocycles. The third-order valence-electron chi connectivity index (χ3n) is 2.66. The number of benzene rings is 1. The highest BCUT2D eigenvalue weighted by atomic mass is 16.5. The van der Waals surface area contributed by atoms with Crippen LogP contribution >= 0.6 is 0 Å². The standard InChI is InChI=1S/C14H23NO/c1-3-4-5-6-7-12-16-14-10-8-13(15-2)9-11-14/h8-11,15H,3-7,12H2,1-2H3. The zero-order valence-corrected chi connectivity index (χ0v) is 10.5. The Hall–Kier alpha value is -1.18. The molecular weight excluding hydrogens is 198 g/mol. The molecule has 1 aromatic carbocycles. The molecule has 0 spiro atoms. The van der Waals surface area contributed by atoms with E-state index in [0.29, 0.717) is 0 Å². The second-order valence-electron chi connectivity index (χ2n) is 4.04. The smallest absolute Gasteiger partial charge is 0.119 e. The quantitative estimate of drug-likeness (QED) is 0.668. The SMILES string of the molecule is CCCCCCCOc1ccc(NC)cc1. The minimum absolute atomic E-state index is 0.836. The maximum absolute atomic E-state index is 5.66. The van der Waals surface area contributed by atoms with Gasteiger partial charge in [0.15, 0.2) is 0 Å². The molecule has 1 rings (SSSR count). The highest BCUT2D eigenvalue weighted by molar-refractivity contribution is 5.45. The van der Waals surface area contributed by atoms with Crippen LogP contribution in [-0.4, -0.2) is 13.7 Å². The van der Waals surface area contributed by atoms with Gasteiger partial charge in [0, 0.05) is 12.7 Å². The van der Waals surface area contributed by atoms with Crippen LogP contribution in [0, 0.1) is 0 Å². The number of hydrogen-bond acceptors (Lipinski definition) is 2. The molecule has 0 bridgehead atoms. The Labute approximate surface area is 99.0 Å². The lowest BCUT2D eigenvalue weighted by atomic mass is 10.2. The minimum Gasteiger partial charge on any atom is -0.494 e. The maximum Gasteiger partial charge on any atom is 0.119 e. The first-order valence-corrected chi connectivity index (χ1v) is 6.27. The molecule has 1 aromatic rings. The largest absolute Gasteiger partial charge is 0.494 e. The van der Waals surface area contributed by atoms with Crippen LogP contribution in [-0.2, 0) is 0 Å². The first-order valence-electron chi connectivity index (χ1n) is 6.27. The lowest BCUT2D eigenvalue weighted by molar-refractivity contribution is 0.304. The molecule has 0 unspecified atom stereocenters. The Morgan fingerprint density at radius 3 is 2.31 bits per heavy atom. The molecule has 1 N–H and O–H groups in total. The fourth-order valence-electron chi connectivity index (χ4n) is 1.61. The molecule has 0 aliphatic carbocycles. The van der Waals surface area contributed by atoms with E-state index in [1.807, 2.05) is 31.3 Å². The van der Waals surface area contributed by atoms with Crippen LogP contribution in [0.25, 0.3) is 0 Å². The van der Waals surface area contributed by atoms with Crippen molar-refractivity contribution in [2.45, 2.75) is 39.0 Å². The molecular formula is C14H23NO. The van der Waals surface area contributed by atoms with Gasteiger partial charge >= 0.3 is 0 Å². The molecule has 0 aliphatic heterocycles. The second-order valence-corrected chi connectivity index (χ2v) is 4.04. The molecule has 0 radical (unpaired) electrons. The number of ether oxygens (including phenoxy) is 1. The van der Waals surface area contributed by atoms with Gasteiger partial charge in [0.2, 0.25) is 0 Å². The van der Waals surface area contributed by atoms with Crippen LogP contribution < -0.4 is 10.1 Å². The Morgan fingerprint density at radius 2 is 1.69 bits per heavy atom. The zero-order valence-electron chi connectivity index (χ0n) is 10.5. The van der Waals surface area contributed by atoms with E-state index >= 15 is 0 Å². The number of hydrogen-bond donors (Lipinski definition) is 1. The van der Waals surface area contributed by atoms with Crippen molar-refractivity contribution in [2.75, 3.05) is 19.0 Å². The van der Waals surface area contributed by atoms with E-state index in [-0.39, 0.29) is 0 Å². The predicted octanol–water partition coefficient (Wildman–Crippen LogP) is 4.08. The van der Waals surface area contributed by atoms with Crippen molar-refractivity contribution < 1.29 is 4.74 Å². The maximum atomic E-state index is 5.66. The summed E-state index contributed by atoms with van der Waals surface area (Å²) in [4.78, 5) is 0. The van der Waals surface area contributed by atoms with E-state index in [0.717, 1.165) is 24.5 Å². The lowest BCUT2D eigenvalue weighted by Crippen LogP contribution is -1.97. The van der Waals surface area contributed by atoms with Gasteiger partial charge in [0.25, 0.3) is 0 Å². The summed E-state index contributed by atoms with van der Waals surface area (Å²) in [5, 5.41) is 3.09. The fraction of sp³-hybridized carbons (Fsp3) is 0.571. The highest BCUT2D eigenvalue weighted by Gasteiger charge is 1.94. The minimum atomic E-state index is 0.836. The van der Waals surface area contributed by atoms with Crippen LogP contribution in [0.1, 0.15) is 39.0 Å². The van der Waals surface area contributed by atoms with E-state index in [1.54, 1.807) is 0 Å². The summed E-state index contributed by atoms with van der Waals surface area (Å²) in [6, 6.07) is 8.09. The summed E-state index contributed by atoms with van der Waals surface area (Å²) in [6.45, 7) is 3.07. The van der Waals surface area contributed by atoms with E-state index in [2.05, 4.69) is 12.2 Å². The van der Waals surface area contributed by atoms with Crippen molar-refractivity contribution in [2.24, 2.45) is 0 Å². The summed E-state index contributed by atoms with van der Waals surface area (Å²) in [7, 11) is 1.92. The predicted molar refractivity (Wildman–Crippen MR) is 70.2 cm³/mol. The molecule has 90 valence electrons. The Kier molecular flexibility index (Phi) is 6.47. The van der Waals surface area contributed by atoms with Crippen molar-refractivity contribution >= 4 is 5.69 Å². The van der Waals surface area contributed by atoms with E-state index < -0.39 is 0 Å². The summed E-state index contributed by atoms with van der Waals surface area (Å²) < 4.78 is 5.66. The second kappa shape index (κ2) is 8.03. The highest BCUT2D eigenvalue weighted by Crippen LogP contribution is 2.15. The van der Waals surface area contributed by atoms with Gasteiger partial charge in [-0.15, -0.1) is 0 Å². The number of nitrogens with one attached hydrogen (secondary N) is 1. The first-order chi connectivity index (χ1) is 7.86. The molecule has 0 aromatic heterocycles. The van der Waals surface area contributed by atoms with Crippen molar-refractivity contribution in [3.05, 3.63) is 24.3 Å². The van der Waals surface area contributed by atoms with Crippen LogP contribution in [0.15, 0.2) is 24.3 Å². The Balaban J connectivity index is 2.12. The molecule has 0 atom stereocenters. The topological polar surface area (TPSA) is 21.3 Å². The van der Waals surface area contributed by atoms with Gasteiger partial charge < -0.3 is 10.1 Å². The first kappa shape index (κ1) is 12.9. The Bertz CT molecular complexity index is 269. The summed E-state index contributed by atoms with van der Waals surface area (Å²) in [5.41, 5.74) is 1.12. The van der Waals surface area contributed by atoms with E-state index in [9.17, 15) is 0 Å². The molecule has 0 saturated carbocycles. The van der Waals surface area contributed by atoms with Gasteiger partial charge in [0.1, 0.15) is 5.75 Å². The van der Waals surface area contributed by atoms with Crippen LogP contribution in [0.2, 0.25) is 0 Å². The molecule has 16 heavy (non-hydrogen) atoms. The average Bonchev–Trinajstić information content (AvgIpc) is 2.34. The zero-order chi connectivity index (χ0) is 11.6. The van der Waals surface area contributed by atoms with Gasteiger partial charge in [0.05, 0.1) is 6.61 Å². The van der Waals surface area contributed by atoms with Crippen molar-refractivity contribution in [3.63, 3.8) is 0 Å². The van der Waals surface area contributed by atoms with Gasteiger partial charge in [-0.05, 0) is 30.7 Å². The molecule has 0 aliphatic rings. The molecule has 0 fully saturated rings.